The van der Waals surface area contributed by atoms with Crippen LogP contribution in [0.1, 0.15) is 31.5 Å². The lowest BCUT2D eigenvalue weighted by Gasteiger charge is -2.00. The summed E-state index contributed by atoms with van der Waals surface area (Å²) in [6, 6.07) is 3.63. The minimum Gasteiger partial charge on any atom is -0.482 e. The molecule has 0 saturated carbocycles. The van der Waals surface area contributed by atoms with Gasteiger partial charge in [0, 0.05) is 12.1 Å². The smallest absolute Gasteiger partial charge is 0.264 e. The van der Waals surface area contributed by atoms with Crippen LogP contribution in [-0.2, 0) is 6.61 Å². The van der Waals surface area contributed by atoms with Crippen LogP contribution in [0.5, 0.6) is 5.75 Å². The molecule has 0 N–H and O–H groups in total. The fraction of sp³-hybridized carbons (Fsp3) is 0.364. The first-order chi connectivity index (χ1) is 7.75. The van der Waals surface area contributed by atoms with Gasteiger partial charge in [0.25, 0.3) is 5.89 Å². The van der Waals surface area contributed by atoms with Crippen LogP contribution in [0.15, 0.2) is 29.0 Å². The minimum atomic E-state index is 0.260. The lowest BCUT2D eigenvalue weighted by atomic mass is 10.2. The molecule has 0 unspecified atom stereocenters. The van der Waals surface area contributed by atoms with E-state index in [1.165, 1.54) is 0 Å². The topological polar surface area (TPSA) is 61.0 Å². The molecule has 0 aliphatic carbocycles. The number of aromatic nitrogens is 3. The number of nitrogens with zero attached hydrogens (tertiary/aromatic N) is 3. The lowest BCUT2D eigenvalue weighted by molar-refractivity contribution is 0.241. The molecule has 0 saturated heterocycles. The molecule has 5 heteroatoms. The summed E-state index contributed by atoms with van der Waals surface area (Å²) in [5.41, 5.74) is 0. The Morgan fingerprint density at radius 1 is 1.44 bits per heavy atom. The molecule has 16 heavy (non-hydrogen) atoms. The second kappa shape index (κ2) is 4.74. The summed E-state index contributed by atoms with van der Waals surface area (Å²) in [6.45, 7) is 4.29. The van der Waals surface area contributed by atoms with Crippen LogP contribution in [0.2, 0.25) is 0 Å². The van der Waals surface area contributed by atoms with E-state index in [4.69, 9.17) is 9.26 Å². The molecule has 0 radical (unpaired) electrons. The standard InChI is InChI=1S/C11H13N3O2/c1-8(2)11-13-10(16-14-11)7-15-9-4-3-5-12-6-9/h3-6,8H,7H2,1-2H3. The summed E-state index contributed by atoms with van der Waals surface area (Å²) in [6.07, 6.45) is 3.33. The Hall–Kier alpha value is -1.91. The monoisotopic (exact) mass is 219 g/mol. The normalized spacial score (nSPS) is 10.7. The van der Waals surface area contributed by atoms with Crippen molar-refractivity contribution < 1.29 is 9.26 Å². The lowest BCUT2D eigenvalue weighted by Crippen LogP contribution is -1.97. The Morgan fingerprint density at radius 2 is 2.31 bits per heavy atom. The van der Waals surface area contributed by atoms with Crippen LogP contribution in [0.25, 0.3) is 0 Å². The zero-order valence-electron chi connectivity index (χ0n) is 9.25. The summed E-state index contributed by atoms with van der Waals surface area (Å²) in [5.74, 6) is 2.13. The van der Waals surface area contributed by atoms with E-state index in [0.717, 1.165) is 0 Å². The fourth-order valence-corrected chi connectivity index (χ4v) is 1.14. The van der Waals surface area contributed by atoms with Crippen molar-refractivity contribution in [3.8, 4) is 5.75 Å². The van der Waals surface area contributed by atoms with Crippen molar-refractivity contribution in [3.05, 3.63) is 36.2 Å². The Balaban J connectivity index is 1.95. The van der Waals surface area contributed by atoms with E-state index in [0.29, 0.717) is 17.5 Å². The molecule has 2 heterocycles. The van der Waals surface area contributed by atoms with Crippen LogP contribution in [0.3, 0.4) is 0 Å². The quantitative estimate of drug-likeness (QED) is 0.788. The third kappa shape index (κ3) is 2.56. The predicted molar refractivity (Wildman–Crippen MR) is 57.0 cm³/mol. The van der Waals surface area contributed by atoms with Crippen molar-refractivity contribution in [2.75, 3.05) is 0 Å². The third-order valence-electron chi connectivity index (χ3n) is 2.00. The average Bonchev–Trinajstić information content (AvgIpc) is 2.76. The molecule has 2 aromatic rings. The minimum absolute atomic E-state index is 0.260. The zero-order valence-corrected chi connectivity index (χ0v) is 9.25. The molecule has 2 aromatic heterocycles. The van der Waals surface area contributed by atoms with Gasteiger partial charge in [-0.25, -0.2) is 0 Å². The number of rotatable bonds is 4. The SMILES string of the molecule is CC(C)c1noc(COc2cccnc2)n1. The van der Waals surface area contributed by atoms with E-state index in [1.807, 2.05) is 26.0 Å². The number of hydrogen-bond donors (Lipinski definition) is 0. The molecule has 0 aliphatic heterocycles. The Morgan fingerprint density at radius 3 is 2.94 bits per heavy atom. The van der Waals surface area contributed by atoms with Crippen LogP contribution in [0, 0.1) is 0 Å². The van der Waals surface area contributed by atoms with Gasteiger partial charge in [-0.1, -0.05) is 19.0 Å². The van der Waals surface area contributed by atoms with Crippen molar-refractivity contribution in [1.82, 2.24) is 15.1 Å². The van der Waals surface area contributed by atoms with Gasteiger partial charge in [-0.15, -0.1) is 0 Å². The maximum atomic E-state index is 5.43. The van der Waals surface area contributed by atoms with Gasteiger partial charge in [0.1, 0.15) is 5.75 Å². The second-order valence-electron chi connectivity index (χ2n) is 3.68. The van der Waals surface area contributed by atoms with Crippen LogP contribution in [0.4, 0.5) is 0 Å². The summed E-state index contributed by atoms with van der Waals surface area (Å²) in [4.78, 5) is 8.14. The first-order valence-electron chi connectivity index (χ1n) is 5.11. The first-order valence-corrected chi connectivity index (χ1v) is 5.11. The molecular formula is C11H13N3O2. The molecule has 84 valence electrons. The molecule has 0 amide bonds. The van der Waals surface area contributed by atoms with Crippen LogP contribution in [-0.4, -0.2) is 15.1 Å². The van der Waals surface area contributed by atoms with Crippen molar-refractivity contribution >= 4 is 0 Å². The van der Waals surface area contributed by atoms with E-state index >= 15 is 0 Å². The molecular weight excluding hydrogens is 206 g/mol. The van der Waals surface area contributed by atoms with Crippen molar-refractivity contribution in [3.63, 3.8) is 0 Å². The molecule has 0 atom stereocenters. The van der Waals surface area contributed by atoms with Crippen molar-refractivity contribution in [2.24, 2.45) is 0 Å². The largest absolute Gasteiger partial charge is 0.482 e. The number of ether oxygens (including phenoxy) is 1. The van der Waals surface area contributed by atoms with Gasteiger partial charge >= 0.3 is 0 Å². The van der Waals surface area contributed by atoms with E-state index in [9.17, 15) is 0 Å². The van der Waals surface area contributed by atoms with Crippen LogP contribution < -0.4 is 4.74 Å². The Kier molecular flexibility index (Phi) is 3.14. The average molecular weight is 219 g/mol. The van der Waals surface area contributed by atoms with Crippen molar-refractivity contribution in [1.29, 1.82) is 0 Å². The maximum Gasteiger partial charge on any atom is 0.264 e. The summed E-state index contributed by atoms with van der Waals surface area (Å²) < 4.78 is 10.5. The Bertz CT molecular complexity index is 440. The summed E-state index contributed by atoms with van der Waals surface area (Å²) in [7, 11) is 0. The molecule has 0 fully saturated rings. The van der Waals surface area contributed by atoms with Gasteiger partial charge in [0.15, 0.2) is 12.4 Å². The van der Waals surface area contributed by atoms with Gasteiger partial charge in [-0.3, -0.25) is 4.98 Å². The summed E-state index contributed by atoms with van der Waals surface area (Å²) in [5, 5.41) is 3.85. The Labute approximate surface area is 93.5 Å². The first kappa shape index (κ1) is 10.6. The van der Waals surface area contributed by atoms with E-state index in [-0.39, 0.29) is 12.5 Å². The fourth-order valence-electron chi connectivity index (χ4n) is 1.14. The zero-order chi connectivity index (χ0) is 11.4. The molecule has 0 aliphatic rings. The van der Waals surface area contributed by atoms with E-state index in [1.54, 1.807) is 12.4 Å². The number of hydrogen-bond acceptors (Lipinski definition) is 5. The molecule has 0 bridgehead atoms. The highest BCUT2D eigenvalue weighted by Gasteiger charge is 2.09. The molecule has 2 rings (SSSR count). The van der Waals surface area contributed by atoms with E-state index < -0.39 is 0 Å². The van der Waals surface area contributed by atoms with Crippen LogP contribution >= 0.6 is 0 Å². The van der Waals surface area contributed by atoms with Gasteiger partial charge in [-0.05, 0) is 12.1 Å². The highest BCUT2D eigenvalue weighted by atomic mass is 16.5. The van der Waals surface area contributed by atoms with Gasteiger partial charge in [-0.2, -0.15) is 4.98 Å². The molecule has 0 spiro atoms. The van der Waals surface area contributed by atoms with Gasteiger partial charge in [0.05, 0.1) is 6.20 Å². The molecule has 5 nitrogen and oxygen atoms in total. The van der Waals surface area contributed by atoms with Gasteiger partial charge < -0.3 is 9.26 Å². The van der Waals surface area contributed by atoms with E-state index in [2.05, 4.69) is 15.1 Å². The van der Waals surface area contributed by atoms with Crippen molar-refractivity contribution in [2.45, 2.75) is 26.4 Å². The highest BCUT2D eigenvalue weighted by molar-refractivity contribution is 5.15. The predicted octanol–water partition coefficient (Wildman–Crippen LogP) is 2.17. The highest BCUT2D eigenvalue weighted by Crippen LogP contribution is 2.12. The number of pyridine rings is 1. The summed E-state index contributed by atoms with van der Waals surface area (Å²) >= 11 is 0. The second-order valence-corrected chi connectivity index (χ2v) is 3.68. The molecule has 0 aromatic carbocycles. The maximum absolute atomic E-state index is 5.43. The van der Waals surface area contributed by atoms with Gasteiger partial charge in [0.2, 0.25) is 0 Å². The third-order valence-corrected chi connectivity index (χ3v) is 2.00.